The predicted molar refractivity (Wildman–Crippen MR) is 63.5 cm³/mol. The Morgan fingerprint density at radius 2 is 2.35 bits per heavy atom. The van der Waals surface area contributed by atoms with Gasteiger partial charge in [-0.2, -0.15) is 0 Å². The van der Waals surface area contributed by atoms with Gasteiger partial charge in [0, 0.05) is 20.2 Å². The van der Waals surface area contributed by atoms with Crippen LogP contribution in [0.15, 0.2) is 0 Å². The maximum Gasteiger partial charge on any atom is 0.167 e. The van der Waals surface area contributed by atoms with E-state index in [-0.39, 0.29) is 6.04 Å². The number of aromatic nitrogens is 4. The van der Waals surface area contributed by atoms with Gasteiger partial charge in [-0.15, -0.1) is 5.10 Å². The number of hydrogen-bond acceptors (Lipinski definition) is 5. The lowest BCUT2D eigenvalue weighted by atomic mass is 9.85. The summed E-state index contributed by atoms with van der Waals surface area (Å²) in [4.78, 5) is 0. The molecular formula is C11H21N5O. The molecule has 1 heterocycles. The highest BCUT2D eigenvalue weighted by Crippen LogP contribution is 2.28. The Labute approximate surface area is 102 Å². The molecule has 96 valence electrons. The van der Waals surface area contributed by atoms with Crippen LogP contribution in [0, 0.1) is 5.92 Å². The van der Waals surface area contributed by atoms with Crippen LogP contribution in [0.1, 0.15) is 38.1 Å². The number of tetrazole rings is 1. The topological polar surface area (TPSA) is 64.9 Å². The minimum absolute atomic E-state index is 0.167. The van der Waals surface area contributed by atoms with Gasteiger partial charge in [-0.1, -0.05) is 6.42 Å². The smallest absolute Gasteiger partial charge is 0.167 e. The molecule has 1 unspecified atom stereocenters. The van der Waals surface area contributed by atoms with Crippen LogP contribution in [0.5, 0.6) is 0 Å². The summed E-state index contributed by atoms with van der Waals surface area (Å²) in [5.74, 6) is 1.69. The summed E-state index contributed by atoms with van der Waals surface area (Å²) in [5.41, 5.74) is 0. The average molecular weight is 239 g/mol. The van der Waals surface area contributed by atoms with Crippen molar-refractivity contribution >= 4 is 0 Å². The molecule has 0 amide bonds. The second-order valence-electron chi connectivity index (χ2n) is 4.68. The molecule has 0 aromatic carbocycles. The molecule has 6 heteroatoms. The summed E-state index contributed by atoms with van der Waals surface area (Å²) < 4.78 is 6.95. The van der Waals surface area contributed by atoms with E-state index in [0.29, 0.717) is 6.61 Å². The monoisotopic (exact) mass is 239 g/mol. The quantitative estimate of drug-likeness (QED) is 0.712. The summed E-state index contributed by atoms with van der Waals surface area (Å²) in [7, 11) is 1.70. The van der Waals surface area contributed by atoms with Crippen molar-refractivity contribution in [3.63, 3.8) is 0 Å². The van der Waals surface area contributed by atoms with E-state index in [4.69, 9.17) is 4.74 Å². The van der Waals surface area contributed by atoms with Crippen LogP contribution in [0.4, 0.5) is 0 Å². The minimum Gasteiger partial charge on any atom is -0.383 e. The van der Waals surface area contributed by atoms with E-state index in [2.05, 4.69) is 27.8 Å². The number of methoxy groups -OCH3 is 1. The summed E-state index contributed by atoms with van der Waals surface area (Å²) in [5, 5.41) is 15.3. The van der Waals surface area contributed by atoms with Crippen molar-refractivity contribution in [1.29, 1.82) is 0 Å². The standard InChI is InChI=1S/C11H21N5O/c1-9(12-6-7-17-2)11-13-14-15-16(11)8-10-4-3-5-10/h9-10,12H,3-8H2,1-2H3. The Kier molecular flexibility index (Phi) is 4.44. The highest BCUT2D eigenvalue weighted by atomic mass is 16.5. The maximum atomic E-state index is 5.01. The van der Waals surface area contributed by atoms with Gasteiger partial charge < -0.3 is 10.1 Å². The zero-order valence-corrected chi connectivity index (χ0v) is 10.6. The second-order valence-corrected chi connectivity index (χ2v) is 4.68. The molecule has 1 fully saturated rings. The van der Waals surface area contributed by atoms with E-state index in [1.165, 1.54) is 19.3 Å². The van der Waals surface area contributed by atoms with Crippen molar-refractivity contribution in [1.82, 2.24) is 25.5 Å². The second kappa shape index (κ2) is 6.07. The maximum absolute atomic E-state index is 5.01. The Balaban J connectivity index is 1.87. The van der Waals surface area contributed by atoms with Crippen LogP contribution in [0.25, 0.3) is 0 Å². The molecule has 0 saturated heterocycles. The summed E-state index contributed by atoms with van der Waals surface area (Å²) in [6, 6.07) is 0.167. The normalized spacial score (nSPS) is 18.0. The van der Waals surface area contributed by atoms with Crippen molar-refractivity contribution in [3.05, 3.63) is 5.82 Å². The lowest BCUT2D eigenvalue weighted by Crippen LogP contribution is -2.27. The molecular weight excluding hydrogens is 218 g/mol. The Morgan fingerprint density at radius 3 is 3.00 bits per heavy atom. The first-order valence-corrected chi connectivity index (χ1v) is 6.29. The van der Waals surface area contributed by atoms with Gasteiger partial charge in [-0.25, -0.2) is 4.68 Å². The van der Waals surface area contributed by atoms with Gasteiger partial charge in [0.15, 0.2) is 5.82 Å². The number of hydrogen-bond donors (Lipinski definition) is 1. The van der Waals surface area contributed by atoms with Crippen molar-refractivity contribution in [2.24, 2.45) is 5.92 Å². The fourth-order valence-corrected chi connectivity index (χ4v) is 2.04. The zero-order valence-electron chi connectivity index (χ0n) is 10.6. The van der Waals surface area contributed by atoms with Crippen molar-refractivity contribution < 1.29 is 4.74 Å². The summed E-state index contributed by atoms with van der Waals surface area (Å²) in [6.07, 6.45) is 3.97. The van der Waals surface area contributed by atoms with Gasteiger partial charge in [0.2, 0.25) is 0 Å². The largest absolute Gasteiger partial charge is 0.383 e. The first kappa shape index (κ1) is 12.4. The van der Waals surface area contributed by atoms with E-state index in [0.717, 1.165) is 24.8 Å². The summed E-state index contributed by atoms with van der Waals surface area (Å²) in [6.45, 7) is 4.56. The zero-order chi connectivity index (χ0) is 12.1. The summed E-state index contributed by atoms with van der Waals surface area (Å²) >= 11 is 0. The fraction of sp³-hybridized carbons (Fsp3) is 0.909. The van der Waals surface area contributed by atoms with Crippen LogP contribution in [-0.2, 0) is 11.3 Å². The molecule has 1 aliphatic carbocycles. The number of rotatable bonds is 7. The van der Waals surface area contributed by atoms with Crippen LogP contribution in [0.3, 0.4) is 0 Å². The molecule has 6 nitrogen and oxygen atoms in total. The van der Waals surface area contributed by atoms with Crippen LogP contribution in [-0.4, -0.2) is 40.5 Å². The van der Waals surface area contributed by atoms with Crippen LogP contribution in [0.2, 0.25) is 0 Å². The molecule has 0 bridgehead atoms. The third-order valence-electron chi connectivity index (χ3n) is 3.36. The van der Waals surface area contributed by atoms with E-state index >= 15 is 0 Å². The highest BCUT2D eigenvalue weighted by molar-refractivity contribution is 4.90. The Bertz CT molecular complexity index is 336. The predicted octanol–water partition coefficient (Wildman–Crippen LogP) is 0.770. The molecule has 0 spiro atoms. The van der Waals surface area contributed by atoms with Crippen molar-refractivity contribution in [2.75, 3.05) is 20.3 Å². The Hall–Kier alpha value is -1.01. The Morgan fingerprint density at radius 1 is 1.53 bits per heavy atom. The first-order valence-electron chi connectivity index (χ1n) is 6.29. The fourth-order valence-electron chi connectivity index (χ4n) is 2.04. The van der Waals surface area contributed by atoms with Crippen molar-refractivity contribution in [2.45, 2.75) is 38.8 Å². The van der Waals surface area contributed by atoms with Gasteiger partial charge in [0.25, 0.3) is 0 Å². The van der Waals surface area contributed by atoms with E-state index < -0.39 is 0 Å². The molecule has 1 aromatic heterocycles. The molecule has 1 atom stereocenters. The van der Waals surface area contributed by atoms with Gasteiger partial charge in [-0.3, -0.25) is 0 Å². The first-order chi connectivity index (χ1) is 8.31. The number of nitrogens with one attached hydrogen (secondary N) is 1. The molecule has 1 N–H and O–H groups in total. The van der Waals surface area contributed by atoms with Crippen LogP contribution < -0.4 is 5.32 Å². The lowest BCUT2D eigenvalue weighted by molar-refractivity contribution is 0.195. The van der Waals surface area contributed by atoms with Crippen molar-refractivity contribution in [3.8, 4) is 0 Å². The van der Waals surface area contributed by atoms with Gasteiger partial charge in [0.1, 0.15) is 0 Å². The molecule has 1 saturated carbocycles. The number of nitrogens with zero attached hydrogens (tertiary/aromatic N) is 4. The van der Waals surface area contributed by atoms with Gasteiger partial charge in [0.05, 0.1) is 12.6 Å². The lowest BCUT2D eigenvalue weighted by Gasteiger charge is -2.25. The molecule has 0 aliphatic heterocycles. The van der Waals surface area contributed by atoms with E-state index in [1.807, 2.05) is 4.68 Å². The minimum atomic E-state index is 0.167. The molecule has 17 heavy (non-hydrogen) atoms. The molecule has 2 rings (SSSR count). The molecule has 1 aliphatic rings. The third kappa shape index (κ3) is 3.23. The number of ether oxygens (including phenoxy) is 1. The van der Waals surface area contributed by atoms with Gasteiger partial charge in [-0.05, 0) is 36.1 Å². The average Bonchev–Trinajstić information content (AvgIpc) is 2.72. The molecule has 1 aromatic rings. The van der Waals surface area contributed by atoms with Gasteiger partial charge >= 0.3 is 0 Å². The highest BCUT2D eigenvalue weighted by Gasteiger charge is 2.21. The van der Waals surface area contributed by atoms with E-state index in [1.54, 1.807) is 7.11 Å². The van der Waals surface area contributed by atoms with Crippen LogP contribution >= 0.6 is 0 Å². The van der Waals surface area contributed by atoms with E-state index in [9.17, 15) is 0 Å². The SMILES string of the molecule is COCCNC(C)c1nnnn1CC1CCC1. The molecule has 0 radical (unpaired) electrons. The third-order valence-corrected chi connectivity index (χ3v) is 3.36.